The largest absolute Gasteiger partial charge is 0.451 e. The van der Waals surface area contributed by atoms with E-state index in [1.807, 2.05) is 0 Å². The van der Waals surface area contributed by atoms with Gasteiger partial charge in [0.1, 0.15) is 0 Å². The molecule has 0 aromatic heterocycles. The van der Waals surface area contributed by atoms with E-state index in [9.17, 15) is 9.59 Å². The van der Waals surface area contributed by atoms with Crippen molar-refractivity contribution >= 4 is 12.2 Å². The fourth-order valence-corrected chi connectivity index (χ4v) is 1.49. The zero-order valence-electron chi connectivity index (χ0n) is 14.2. The van der Waals surface area contributed by atoms with Crippen molar-refractivity contribution in [3.05, 3.63) is 0 Å². The third-order valence-corrected chi connectivity index (χ3v) is 2.18. The SMILES string of the molecule is CCOC(=O)N(OCC)N(C(C)C)N(OCC)C(=O)OCC. The van der Waals surface area contributed by atoms with Crippen LogP contribution in [-0.4, -0.2) is 60.1 Å². The maximum atomic E-state index is 12.1. The van der Waals surface area contributed by atoms with Gasteiger partial charge in [-0.3, -0.25) is 9.68 Å². The number of hydrazine groups is 2. The first kappa shape index (κ1) is 20.4. The second-order valence-corrected chi connectivity index (χ2v) is 4.19. The van der Waals surface area contributed by atoms with E-state index < -0.39 is 12.2 Å². The molecule has 22 heavy (non-hydrogen) atoms. The maximum absolute atomic E-state index is 12.1. The Morgan fingerprint density at radius 1 is 0.773 bits per heavy atom. The molecule has 0 fully saturated rings. The third-order valence-electron chi connectivity index (χ3n) is 2.18. The van der Waals surface area contributed by atoms with Crippen molar-refractivity contribution in [1.29, 1.82) is 0 Å². The molecule has 0 rings (SSSR count). The topological polar surface area (TPSA) is 80.8 Å². The number of hydroxylamine groups is 2. The molecular formula is C13H27N3O6. The summed E-state index contributed by atoms with van der Waals surface area (Å²) in [6.07, 6.45) is -1.51. The summed E-state index contributed by atoms with van der Waals surface area (Å²) in [5.41, 5.74) is 0. The standard InChI is InChI=1S/C13H27N3O6/c1-7-19-12(17)15(21-9-3)14(11(5)6)16(22-10-4)13(18)20-8-2/h11H,7-10H2,1-6H3. The van der Waals surface area contributed by atoms with Crippen LogP contribution in [0.1, 0.15) is 41.5 Å². The van der Waals surface area contributed by atoms with Gasteiger partial charge in [0, 0.05) is 0 Å². The number of amides is 2. The highest BCUT2D eigenvalue weighted by Gasteiger charge is 2.36. The molecule has 0 aliphatic rings. The molecule has 130 valence electrons. The van der Waals surface area contributed by atoms with E-state index in [0.717, 1.165) is 10.3 Å². The number of hydrogen-bond acceptors (Lipinski definition) is 7. The molecule has 0 atom stereocenters. The molecule has 0 N–H and O–H groups in total. The van der Waals surface area contributed by atoms with Crippen molar-refractivity contribution in [2.24, 2.45) is 0 Å². The van der Waals surface area contributed by atoms with Gasteiger partial charge in [-0.1, -0.05) is 15.5 Å². The Morgan fingerprint density at radius 2 is 1.14 bits per heavy atom. The summed E-state index contributed by atoms with van der Waals surface area (Å²) in [4.78, 5) is 34.7. The van der Waals surface area contributed by atoms with Crippen molar-refractivity contribution in [2.45, 2.75) is 47.6 Å². The third kappa shape index (κ3) is 6.04. The molecule has 0 spiro atoms. The molecule has 0 bridgehead atoms. The summed E-state index contributed by atoms with van der Waals surface area (Å²) < 4.78 is 9.88. The lowest BCUT2D eigenvalue weighted by Crippen LogP contribution is -2.60. The van der Waals surface area contributed by atoms with Gasteiger partial charge >= 0.3 is 12.2 Å². The van der Waals surface area contributed by atoms with Crippen LogP contribution in [0.2, 0.25) is 0 Å². The van der Waals surface area contributed by atoms with Crippen molar-refractivity contribution in [2.75, 3.05) is 26.4 Å². The molecule has 0 aromatic carbocycles. The fraction of sp³-hybridized carbons (Fsp3) is 0.846. The zero-order chi connectivity index (χ0) is 17.1. The fourth-order valence-electron chi connectivity index (χ4n) is 1.49. The van der Waals surface area contributed by atoms with Gasteiger partial charge in [-0.25, -0.2) is 9.59 Å². The Hall–Kier alpha value is -1.58. The normalized spacial score (nSPS) is 10.7. The van der Waals surface area contributed by atoms with Gasteiger partial charge in [-0.15, -0.1) is 0 Å². The van der Waals surface area contributed by atoms with Crippen LogP contribution in [0.4, 0.5) is 9.59 Å². The predicted molar refractivity (Wildman–Crippen MR) is 77.9 cm³/mol. The minimum absolute atomic E-state index is 0.169. The van der Waals surface area contributed by atoms with Crippen molar-refractivity contribution < 1.29 is 28.7 Å². The van der Waals surface area contributed by atoms with Gasteiger partial charge in [0.2, 0.25) is 0 Å². The highest BCUT2D eigenvalue weighted by molar-refractivity contribution is 5.68. The summed E-state index contributed by atoms with van der Waals surface area (Å²) in [6.45, 7) is 11.0. The lowest BCUT2D eigenvalue weighted by Gasteiger charge is -2.39. The Labute approximate surface area is 131 Å². The molecule has 0 radical (unpaired) electrons. The molecule has 0 aromatic rings. The first-order valence-corrected chi connectivity index (χ1v) is 7.42. The summed E-state index contributed by atoms with van der Waals surface area (Å²) in [5.74, 6) is 0. The lowest BCUT2D eigenvalue weighted by molar-refractivity contribution is -0.398. The second kappa shape index (κ2) is 11.0. The van der Waals surface area contributed by atoms with Crippen LogP contribution in [0.5, 0.6) is 0 Å². The van der Waals surface area contributed by atoms with Crippen molar-refractivity contribution in [1.82, 2.24) is 15.5 Å². The highest BCUT2D eigenvalue weighted by Crippen LogP contribution is 2.14. The van der Waals surface area contributed by atoms with E-state index in [-0.39, 0.29) is 32.5 Å². The van der Waals surface area contributed by atoms with Gasteiger partial charge in [0.25, 0.3) is 0 Å². The smallest absolute Gasteiger partial charge is 0.447 e. The molecule has 2 amide bonds. The van der Waals surface area contributed by atoms with Gasteiger partial charge in [-0.05, 0) is 41.5 Å². The minimum atomic E-state index is -0.757. The summed E-state index contributed by atoms with van der Waals surface area (Å²) in [6, 6.07) is -0.341. The van der Waals surface area contributed by atoms with Crippen LogP contribution >= 0.6 is 0 Å². The molecule has 9 heteroatoms. The average Bonchev–Trinajstić information content (AvgIpc) is 2.45. The Bertz CT molecular complexity index is 312. The highest BCUT2D eigenvalue weighted by atomic mass is 16.8. The molecule has 0 heterocycles. The van der Waals surface area contributed by atoms with Crippen molar-refractivity contribution in [3.63, 3.8) is 0 Å². The van der Waals surface area contributed by atoms with Crippen LogP contribution < -0.4 is 0 Å². The van der Waals surface area contributed by atoms with Gasteiger partial charge in [0.05, 0.1) is 32.5 Å². The Kier molecular flexibility index (Phi) is 10.3. The maximum Gasteiger partial charge on any atom is 0.451 e. The number of ether oxygens (including phenoxy) is 2. The van der Waals surface area contributed by atoms with E-state index in [1.54, 1.807) is 41.5 Å². The Balaban J connectivity index is 5.46. The summed E-state index contributed by atoms with van der Waals surface area (Å²) in [5, 5.41) is 2.89. The van der Waals surface area contributed by atoms with Crippen LogP contribution in [0, 0.1) is 0 Å². The van der Waals surface area contributed by atoms with Crippen LogP contribution in [0.15, 0.2) is 0 Å². The molecule has 0 saturated carbocycles. The van der Waals surface area contributed by atoms with Crippen LogP contribution in [0.3, 0.4) is 0 Å². The monoisotopic (exact) mass is 321 g/mol. The molecule has 9 nitrogen and oxygen atoms in total. The van der Waals surface area contributed by atoms with E-state index in [1.165, 1.54) is 5.12 Å². The molecule has 0 aliphatic heterocycles. The molecule has 0 unspecified atom stereocenters. The quantitative estimate of drug-likeness (QED) is 0.603. The van der Waals surface area contributed by atoms with Crippen LogP contribution in [-0.2, 0) is 19.1 Å². The lowest BCUT2D eigenvalue weighted by atomic mass is 10.4. The predicted octanol–water partition coefficient (Wildman–Crippen LogP) is 2.35. The molecule has 0 aliphatic carbocycles. The average molecular weight is 321 g/mol. The first-order chi connectivity index (χ1) is 10.4. The van der Waals surface area contributed by atoms with Gasteiger partial charge < -0.3 is 9.47 Å². The van der Waals surface area contributed by atoms with E-state index in [2.05, 4.69) is 0 Å². The molecule has 0 saturated heterocycles. The first-order valence-electron chi connectivity index (χ1n) is 7.42. The summed E-state index contributed by atoms with van der Waals surface area (Å²) in [7, 11) is 0. The number of nitrogens with zero attached hydrogens (tertiary/aromatic N) is 3. The van der Waals surface area contributed by atoms with E-state index in [4.69, 9.17) is 19.1 Å². The number of rotatable bonds is 9. The number of carbonyl (C=O) groups is 2. The van der Waals surface area contributed by atoms with Gasteiger partial charge in [0.15, 0.2) is 0 Å². The molecular weight excluding hydrogens is 294 g/mol. The minimum Gasteiger partial charge on any atom is -0.447 e. The Morgan fingerprint density at radius 3 is 1.36 bits per heavy atom. The number of carbonyl (C=O) groups excluding carboxylic acids is 2. The zero-order valence-corrected chi connectivity index (χ0v) is 14.2. The van der Waals surface area contributed by atoms with Gasteiger partial charge in [-0.2, -0.15) is 0 Å². The van der Waals surface area contributed by atoms with Crippen LogP contribution in [0.25, 0.3) is 0 Å². The second-order valence-electron chi connectivity index (χ2n) is 4.19. The van der Waals surface area contributed by atoms with E-state index in [0.29, 0.717) is 0 Å². The summed E-state index contributed by atoms with van der Waals surface area (Å²) >= 11 is 0. The van der Waals surface area contributed by atoms with Crippen molar-refractivity contribution in [3.8, 4) is 0 Å². The van der Waals surface area contributed by atoms with E-state index >= 15 is 0 Å². The number of hydrogen-bond donors (Lipinski definition) is 0.